The summed E-state index contributed by atoms with van der Waals surface area (Å²) in [6.45, 7) is 8.23. The maximum atomic E-state index is 12.3. The van der Waals surface area contributed by atoms with E-state index in [9.17, 15) is 4.79 Å². The molecule has 1 unspecified atom stereocenters. The smallest absolute Gasteiger partial charge is 0.242 e. The summed E-state index contributed by atoms with van der Waals surface area (Å²) in [4.78, 5) is 14.1. The highest BCUT2D eigenvalue weighted by molar-refractivity contribution is 5.85. The van der Waals surface area contributed by atoms with Gasteiger partial charge in [0.2, 0.25) is 5.91 Å². The van der Waals surface area contributed by atoms with Crippen LogP contribution in [0.25, 0.3) is 0 Å². The molecule has 1 N–H and O–H groups in total. The number of likely N-dealkylation sites (N-methyl/N-ethyl adjacent to an activating group) is 1. The topological polar surface area (TPSA) is 41.6 Å². The predicted molar refractivity (Wildman–Crippen MR) is 69.0 cm³/mol. The Balaban J connectivity index is 2.39. The summed E-state index contributed by atoms with van der Waals surface area (Å²) in [5.74, 6) is 0.185. The highest BCUT2D eigenvalue weighted by atomic mass is 16.5. The van der Waals surface area contributed by atoms with Crippen LogP contribution in [0.1, 0.15) is 40.0 Å². The second-order valence-electron chi connectivity index (χ2n) is 5.36. The van der Waals surface area contributed by atoms with E-state index in [0.29, 0.717) is 13.2 Å². The van der Waals surface area contributed by atoms with Crippen molar-refractivity contribution < 1.29 is 9.53 Å². The lowest BCUT2D eigenvalue weighted by Crippen LogP contribution is -2.57. The van der Waals surface area contributed by atoms with Crippen molar-refractivity contribution >= 4 is 5.91 Å². The van der Waals surface area contributed by atoms with Gasteiger partial charge in [0.1, 0.15) is 0 Å². The van der Waals surface area contributed by atoms with Gasteiger partial charge in [-0.05, 0) is 46.6 Å². The fourth-order valence-corrected chi connectivity index (χ4v) is 2.19. The van der Waals surface area contributed by atoms with Crippen molar-refractivity contribution in [3.05, 3.63) is 0 Å². The first-order chi connectivity index (χ1) is 7.96. The van der Waals surface area contributed by atoms with Crippen LogP contribution in [-0.2, 0) is 9.53 Å². The number of rotatable bonds is 5. The van der Waals surface area contributed by atoms with Crippen LogP contribution in [0.4, 0.5) is 0 Å². The van der Waals surface area contributed by atoms with Gasteiger partial charge in [0.15, 0.2) is 0 Å². The third kappa shape index (κ3) is 4.28. The number of nitrogens with zero attached hydrogens (tertiary/aromatic N) is 1. The maximum Gasteiger partial charge on any atom is 0.242 e. The van der Waals surface area contributed by atoms with E-state index in [1.54, 1.807) is 4.90 Å². The van der Waals surface area contributed by atoms with Crippen molar-refractivity contribution in [3.63, 3.8) is 0 Å². The normalized spacial score (nSPS) is 25.0. The van der Waals surface area contributed by atoms with Crippen molar-refractivity contribution in [2.24, 2.45) is 0 Å². The average molecular weight is 242 g/mol. The molecule has 0 aromatic heterocycles. The molecule has 0 spiro atoms. The summed E-state index contributed by atoms with van der Waals surface area (Å²) in [6.07, 6.45) is 3.46. The van der Waals surface area contributed by atoms with Crippen LogP contribution >= 0.6 is 0 Å². The van der Waals surface area contributed by atoms with Gasteiger partial charge in [-0.2, -0.15) is 0 Å². The van der Waals surface area contributed by atoms with Crippen LogP contribution in [-0.4, -0.2) is 49.2 Å². The highest BCUT2D eigenvalue weighted by Gasteiger charge is 2.36. The second kappa shape index (κ2) is 6.36. The van der Waals surface area contributed by atoms with Crippen LogP contribution < -0.4 is 5.32 Å². The Morgan fingerprint density at radius 3 is 2.71 bits per heavy atom. The minimum atomic E-state index is -0.370. The third-order valence-corrected chi connectivity index (χ3v) is 3.32. The van der Waals surface area contributed by atoms with Gasteiger partial charge in [0.25, 0.3) is 0 Å². The number of hydrogen-bond donors (Lipinski definition) is 1. The molecule has 1 saturated heterocycles. The molecule has 1 aliphatic heterocycles. The number of hydrogen-bond acceptors (Lipinski definition) is 3. The minimum Gasteiger partial charge on any atom is -0.377 e. The number of nitrogens with one attached hydrogen (secondary N) is 1. The number of ether oxygens (including phenoxy) is 1. The molecule has 0 radical (unpaired) electrons. The van der Waals surface area contributed by atoms with Gasteiger partial charge >= 0.3 is 0 Å². The van der Waals surface area contributed by atoms with Gasteiger partial charge in [-0.15, -0.1) is 0 Å². The lowest BCUT2D eigenvalue weighted by molar-refractivity contribution is -0.138. The Bertz CT molecular complexity index is 248. The van der Waals surface area contributed by atoms with Crippen molar-refractivity contribution in [3.8, 4) is 0 Å². The summed E-state index contributed by atoms with van der Waals surface area (Å²) in [7, 11) is 1.85. The molecule has 1 fully saturated rings. The Morgan fingerprint density at radius 2 is 2.18 bits per heavy atom. The summed E-state index contributed by atoms with van der Waals surface area (Å²) in [6, 6.07) is 0. The van der Waals surface area contributed by atoms with Crippen molar-refractivity contribution in [2.45, 2.75) is 51.7 Å². The summed E-state index contributed by atoms with van der Waals surface area (Å²) >= 11 is 0. The van der Waals surface area contributed by atoms with E-state index in [2.05, 4.69) is 5.32 Å². The van der Waals surface area contributed by atoms with E-state index in [4.69, 9.17) is 4.74 Å². The van der Waals surface area contributed by atoms with E-state index >= 15 is 0 Å². The van der Waals surface area contributed by atoms with Crippen molar-refractivity contribution in [1.29, 1.82) is 0 Å². The molecule has 0 aliphatic carbocycles. The van der Waals surface area contributed by atoms with E-state index < -0.39 is 0 Å². The minimum absolute atomic E-state index is 0.185. The van der Waals surface area contributed by atoms with Crippen LogP contribution in [0.15, 0.2) is 0 Å². The Kier molecular flexibility index (Phi) is 5.40. The van der Waals surface area contributed by atoms with E-state index in [1.165, 1.54) is 6.42 Å². The number of carbonyl (C=O) groups is 1. The first kappa shape index (κ1) is 14.5. The maximum absolute atomic E-state index is 12.3. The molecule has 0 aromatic rings. The molecule has 1 amide bonds. The molecule has 0 bridgehead atoms. The highest BCUT2D eigenvalue weighted by Crippen LogP contribution is 2.20. The first-order valence-corrected chi connectivity index (χ1v) is 6.58. The van der Waals surface area contributed by atoms with Crippen molar-refractivity contribution in [2.75, 3.05) is 26.7 Å². The van der Waals surface area contributed by atoms with Gasteiger partial charge in [0, 0.05) is 13.6 Å². The molecule has 100 valence electrons. The summed E-state index contributed by atoms with van der Waals surface area (Å²) in [5, 5.41) is 3.34. The molecular weight excluding hydrogens is 216 g/mol. The van der Waals surface area contributed by atoms with E-state index in [0.717, 1.165) is 19.4 Å². The molecule has 1 heterocycles. The van der Waals surface area contributed by atoms with Gasteiger partial charge in [-0.3, -0.25) is 4.79 Å². The standard InChI is InChI=1S/C13H26N2O2/c1-11(2)17-10-9-15(4)12(16)13(3)7-5-6-8-14-13/h11,14H,5-10H2,1-4H3. The van der Waals surface area contributed by atoms with E-state index in [1.807, 2.05) is 27.8 Å². The number of amides is 1. The molecule has 1 atom stereocenters. The summed E-state index contributed by atoms with van der Waals surface area (Å²) < 4.78 is 5.47. The van der Waals surface area contributed by atoms with Gasteiger partial charge in [-0.1, -0.05) is 0 Å². The predicted octanol–water partition coefficient (Wildman–Crippen LogP) is 1.40. The van der Waals surface area contributed by atoms with Gasteiger partial charge in [0.05, 0.1) is 18.2 Å². The fourth-order valence-electron chi connectivity index (χ4n) is 2.19. The van der Waals surface area contributed by atoms with Crippen LogP contribution in [0.2, 0.25) is 0 Å². The zero-order valence-corrected chi connectivity index (χ0v) is 11.6. The number of carbonyl (C=O) groups excluding carboxylic acids is 1. The molecule has 17 heavy (non-hydrogen) atoms. The zero-order chi connectivity index (χ0) is 12.9. The molecule has 1 rings (SSSR count). The lowest BCUT2D eigenvalue weighted by Gasteiger charge is -2.36. The molecule has 1 aliphatic rings. The zero-order valence-electron chi connectivity index (χ0n) is 11.6. The molecule has 0 saturated carbocycles. The second-order valence-corrected chi connectivity index (χ2v) is 5.36. The first-order valence-electron chi connectivity index (χ1n) is 6.58. The van der Waals surface area contributed by atoms with Gasteiger partial charge < -0.3 is 15.0 Å². The van der Waals surface area contributed by atoms with Gasteiger partial charge in [-0.25, -0.2) is 0 Å². The quantitative estimate of drug-likeness (QED) is 0.792. The van der Waals surface area contributed by atoms with Crippen LogP contribution in [0.3, 0.4) is 0 Å². The summed E-state index contributed by atoms with van der Waals surface area (Å²) in [5.41, 5.74) is -0.370. The fraction of sp³-hybridized carbons (Fsp3) is 0.923. The monoisotopic (exact) mass is 242 g/mol. The SMILES string of the molecule is CC(C)OCCN(C)C(=O)C1(C)CCCCN1. The Labute approximate surface area is 105 Å². The lowest BCUT2D eigenvalue weighted by atomic mass is 9.89. The van der Waals surface area contributed by atoms with Crippen LogP contribution in [0.5, 0.6) is 0 Å². The Hall–Kier alpha value is -0.610. The average Bonchev–Trinajstić information content (AvgIpc) is 2.28. The Morgan fingerprint density at radius 1 is 1.47 bits per heavy atom. The molecular formula is C13H26N2O2. The molecule has 4 heteroatoms. The van der Waals surface area contributed by atoms with Crippen LogP contribution in [0, 0.1) is 0 Å². The van der Waals surface area contributed by atoms with Crippen molar-refractivity contribution in [1.82, 2.24) is 10.2 Å². The largest absolute Gasteiger partial charge is 0.377 e. The van der Waals surface area contributed by atoms with E-state index in [-0.39, 0.29) is 17.6 Å². The molecule has 4 nitrogen and oxygen atoms in total. The molecule has 0 aromatic carbocycles. The third-order valence-electron chi connectivity index (χ3n) is 3.32. The number of piperidine rings is 1.